The molecule has 0 atom stereocenters. The molecule has 1 aromatic rings. The summed E-state index contributed by atoms with van der Waals surface area (Å²) < 4.78 is 5.40. The van der Waals surface area contributed by atoms with Crippen LogP contribution in [0.15, 0.2) is 29.3 Å². The fourth-order valence-electron chi connectivity index (χ4n) is 3.62. The predicted octanol–water partition coefficient (Wildman–Crippen LogP) is 2.29. The van der Waals surface area contributed by atoms with E-state index in [0.717, 1.165) is 58.4 Å². The zero-order valence-corrected chi connectivity index (χ0v) is 19.5. The van der Waals surface area contributed by atoms with Gasteiger partial charge in [-0.3, -0.25) is 9.80 Å². The molecule has 28 heavy (non-hydrogen) atoms. The lowest BCUT2D eigenvalue weighted by atomic mass is 10.1. The molecule has 2 fully saturated rings. The highest BCUT2D eigenvalue weighted by molar-refractivity contribution is 14.0. The van der Waals surface area contributed by atoms with Crippen molar-refractivity contribution in [1.82, 2.24) is 20.4 Å². The van der Waals surface area contributed by atoms with E-state index in [1.54, 1.807) is 0 Å². The van der Waals surface area contributed by atoms with Gasteiger partial charge < -0.3 is 15.4 Å². The number of nitrogens with zero attached hydrogens (tertiary/aromatic N) is 3. The molecule has 0 aliphatic carbocycles. The normalized spacial score (nSPS) is 18.7. The summed E-state index contributed by atoms with van der Waals surface area (Å²) in [4.78, 5) is 9.71. The van der Waals surface area contributed by atoms with E-state index >= 15 is 0 Å². The van der Waals surface area contributed by atoms with Crippen LogP contribution in [0.25, 0.3) is 0 Å². The number of benzene rings is 1. The second kappa shape index (κ2) is 13.3. The molecule has 0 unspecified atom stereocenters. The molecule has 1 aromatic carbocycles. The van der Waals surface area contributed by atoms with E-state index in [2.05, 4.69) is 51.6 Å². The van der Waals surface area contributed by atoms with Gasteiger partial charge in [-0.25, -0.2) is 4.99 Å². The van der Waals surface area contributed by atoms with Gasteiger partial charge in [0.1, 0.15) is 0 Å². The highest BCUT2D eigenvalue weighted by Crippen LogP contribution is 2.13. The lowest BCUT2D eigenvalue weighted by Crippen LogP contribution is -2.44. The molecule has 158 valence electrons. The van der Waals surface area contributed by atoms with Crippen LogP contribution in [-0.2, 0) is 17.8 Å². The van der Waals surface area contributed by atoms with Crippen LogP contribution in [0.3, 0.4) is 0 Å². The average Bonchev–Trinajstić information content (AvgIpc) is 3.21. The smallest absolute Gasteiger partial charge is 0.191 e. The van der Waals surface area contributed by atoms with Gasteiger partial charge in [0.2, 0.25) is 0 Å². The predicted molar refractivity (Wildman–Crippen MR) is 126 cm³/mol. The highest BCUT2D eigenvalue weighted by Gasteiger charge is 2.11. The molecule has 2 aliphatic heterocycles. The number of ether oxygens (including phenoxy) is 1. The summed E-state index contributed by atoms with van der Waals surface area (Å²) in [6.45, 7) is 12.9. The Hall–Kier alpha value is -0.900. The van der Waals surface area contributed by atoms with Gasteiger partial charge in [0, 0.05) is 39.3 Å². The van der Waals surface area contributed by atoms with Crippen molar-refractivity contribution in [2.45, 2.75) is 32.9 Å². The summed E-state index contributed by atoms with van der Waals surface area (Å²) in [5, 5.41) is 6.79. The number of hydrogen-bond acceptors (Lipinski definition) is 4. The maximum Gasteiger partial charge on any atom is 0.191 e. The second-order valence-corrected chi connectivity index (χ2v) is 7.38. The van der Waals surface area contributed by atoms with Crippen LogP contribution >= 0.6 is 24.0 Å². The molecule has 6 nitrogen and oxygen atoms in total. The lowest BCUT2D eigenvalue weighted by molar-refractivity contribution is 0.0389. The first kappa shape index (κ1) is 23.4. The minimum absolute atomic E-state index is 0. The molecule has 0 radical (unpaired) electrons. The molecule has 3 rings (SSSR count). The number of hydrogen-bond donors (Lipinski definition) is 2. The Morgan fingerprint density at radius 2 is 1.64 bits per heavy atom. The molecule has 0 bridgehead atoms. The van der Waals surface area contributed by atoms with Gasteiger partial charge in [0.05, 0.1) is 19.8 Å². The number of halogens is 1. The third-order valence-corrected chi connectivity index (χ3v) is 5.22. The molecule has 2 N–H and O–H groups in total. The van der Waals surface area contributed by atoms with Crippen LogP contribution in [0.4, 0.5) is 0 Å². The fraction of sp³-hybridized carbons (Fsp3) is 0.667. The van der Waals surface area contributed by atoms with Gasteiger partial charge in [-0.2, -0.15) is 0 Å². The first-order chi connectivity index (χ1) is 13.3. The highest BCUT2D eigenvalue weighted by atomic mass is 127. The zero-order valence-electron chi connectivity index (χ0n) is 17.2. The quantitative estimate of drug-likeness (QED) is 0.325. The average molecular weight is 501 g/mol. The van der Waals surface area contributed by atoms with E-state index in [0.29, 0.717) is 6.54 Å². The van der Waals surface area contributed by atoms with Gasteiger partial charge in [0.15, 0.2) is 5.96 Å². The van der Waals surface area contributed by atoms with Gasteiger partial charge in [-0.1, -0.05) is 24.3 Å². The fourth-order valence-corrected chi connectivity index (χ4v) is 3.62. The van der Waals surface area contributed by atoms with E-state index in [1.165, 1.54) is 37.1 Å². The van der Waals surface area contributed by atoms with Crippen molar-refractivity contribution >= 4 is 29.9 Å². The van der Waals surface area contributed by atoms with E-state index in [1.807, 2.05) is 0 Å². The number of guanidine groups is 1. The monoisotopic (exact) mass is 501 g/mol. The number of rotatable bonds is 8. The number of morpholine rings is 1. The standard InChI is InChI=1S/C21H35N5O.HI/c1-2-22-21(23-9-12-25-13-15-27-16-14-25)24-17-19-5-7-20(8-6-19)18-26-10-3-4-11-26;/h5-8H,2-4,9-18H2,1H3,(H2,22,23,24);1H. The molecule has 0 aromatic heterocycles. The minimum Gasteiger partial charge on any atom is -0.379 e. The molecular weight excluding hydrogens is 465 g/mol. The Morgan fingerprint density at radius 1 is 0.964 bits per heavy atom. The molecule has 2 saturated heterocycles. The summed E-state index contributed by atoms with van der Waals surface area (Å²) in [5.41, 5.74) is 2.66. The first-order valence-corrected chi connectivity index (χ1v) is 10.5. The topological polar surface area (TPSA) is 52.1 Å². The Balaban J connectivity index is 0.00000280. The second-order valence-electron chi connectivity index (χ2n) is 7.38. The van der Waals surface area contributed by atoms with Crippen LogP contribution in [0, 0.1) is 0 Å². The van der Waals surface area contributed by atoms with Crippen LogP contribution < -0.4 is 10.6 Å². The lowest BCUT2D eigenvalue weighted by Gasteiger charge is -2.26. The zero-order chi connectivity index (χ0) is 18.7. The van der Waals surface area contributed by atoms with Gasteiger partial charge in [-0.05, 0) is 44.0 Å². The maximum atomic E-state index is 5.40. The largest absolute Gasteiger partial charge is 0.379 e. The first-order valence-electron chi connectivity index (χ1n) is 10.5. The van der Waals surface area contributed by atoms with Crippen molar-refractivity contribution < 1.29 is 4.74 Å². The van der Waals surface area contributed by atoms with Crippen molar-refractivity contribution in [3.05, 3.63) is 35.4 Å². The summed E-state index contributed by atoms with van der Waals surface area (Å²) in [7, 11) is 0. The summed E-state index contributed by atoms with van der Waals surface area (Å²) in [6, 6.07) is 8.93. The van der Waals surface area contributed by atoms with Crippen molar-refractivity contribution in [1.29, 1.82) is 0 Å². The summed E-state index contributed by atoms with van der Waals surface area (Å²) in [5.74, 6) is 0.895. The van der Waals surface area contributed by atoms with E-state index < -0.39 is 0 Å². The van der Waals surface area contributed by atoms with E-state index in [-0.39, 0.29) is 24.0 Å². The van der Waals surface area contributed by atoms with E-state index in [4.69, 9.17) is 9.73 Å². The van der Waals surface area contributed by atoms with Crippen LogP contribution in [-0.4, -0.2) is 74.8 Å². The number of likely N-dealkylation sites (tertiary alicyclic amines) is 1. The molecule has 0 saturated carbocycles. The van der Waals surface area contributed by atoms with Crippen molar-refractivity contribution in [3.63, 3.8) is 0 Å². The van der Waals surface area contributed by atoms with Crippen molar-refractivity contribution in [2.75, 3.05) is 59.0 Å². The van der Waals surface area contributed by atoms with Crippen molar-refractivity contribution in [3.8, 4) is 0 Å². The number of aliphatic imine (C=N–C) groups is 1. The minimum atomic E-state index is 0. The molecule has 0 amide bonds. The molecule has 7 heteroatoms. The van der Waals surface area contributed by atoms with E-state index in [9.17, 15) is 0 Å². The summed E-state index contributed by atoms with van der Waals surface area (Å²) in [6.07, 6.45) is 2.69. The number of nitrogens with one attached hydrogen (secondary N) is 2. The third kappa shape index (κ3) is 8.23. The molecule has 2 heterocycles. The Kier molecular flexibility index (Phi) is 11.1. The van der Waals surface area contributed by atoms with Crippen LogP contribution in [0.1, 0.15) is 30.9 Å². The van der Waals surface area contributed by atoms with Crippen LogP contribution in [0.2, 0.25) is 0 Å². The SMILES string of the molecule is CCNC(=NCc1ccc(CN2CCCC2)cc1)NCCN1CCOCC1.I. The Bertz CT molecular complexity index is 569. The molecular formula is C21H36IN5O. The van der Waals surface area contributed by atoms with Crippen molar-refractivity contribution in [2.24, 2.45) is 4.99 Å². The third-order valence-electron chi connectivity index (χ3n) is 5.22. The molecule has 2 aliphatic rings. The Morgan fingerprint density at radius 3 is 2.32 bits per heavy atom. The molecule has 0 spiro atoms. The maximum absolute atomic E-state index is 5.40. The summed E-state index contributed by atoms with van der Waals surface area (Å²) >= 11 is 0. The van der Waals surface area contributed by atoms with Gasteiger partial charge in [0.25, 0.3) is 0 Å². The van der Waals surface area contributed by atoms with Gasteiger partial charge in [-0.15, -0.1) is 24.0 Å². The van der Waals surface area contributed by atoms with Gasteiger partial charge >= 0.3 is 0 Å². The Labute approximate surface area is 187 Å². The van der Waals surface area contributed by atoms with Crippen LogP contribution in [0.5, 0.6) is 0 Å².